The molecule has 1 rings (SSSR count). The van der Waals surface area contributed by atoms with E-state index >= 15 is 0 Å². The van der Waals surface area contributed by atoms with Gasteiger partial charge in [0.1, 0.15) is 0 Å². The molecule has 2 nitrogen and oxygen atoms in total. The van der Waals surface area contributed by atoms with Gasteiger partial charge in [0.2, 0.25) is 0 Å². The smallest absolute Gasteiger partial charge is 0.0223 e. The summed E-state index contributed by atoms with van der Waals surface area (Å²) in [5.74, 6) is 2.67. The number of hydrogen-bond acceptors (Lipinski definition) is 1. The maximum atomic E-state index is 5.20. The van der Waals surface area contributed by atoms with Gasteiger partial charge in [0, 0.05) is 31.4 Å². The minimum absolute atomic E-state index is 0.894. The first-order valence-electron chi connectivity index (χ1n) is 5.92. The Labute approximate surface area is 99.0 Å². The Kier molecular flexibility index (Phi) is 5.14. The highest BCUT2D eigenvalue weighted by molar-refractivity contribution is 5.26. The third-order valence-corrected chi connectivity index (χ3v) is 3.12. The Morgan fingerprint density at radius 2 is 2.12 bits per heavy atom. The Morgan fingerprint density at radius 3 is 2.69 bits per heavy atom. The fourth-order valence-electron chi connectivity index (χ4n) is 1.81. The van der Waals surface area contributed by atoms with E-state index < -0.39 is 0 Å². The maximum absolute atomic E-state index is 5.20. The molecule has 0 aliphatic rings. The van der Waals surface area contributed by atoms with E-state index in [-0.39, 0.29) is 0 Å². The van der Waals surface area contributed by atoms with E-state index in [2.05, 4.69) is 42.8 Å². The Morgan fingerprint density at radius 1 is 1.38 bits per heavy atom. The fourth-order valence-corrected chi connectivity index (χ4v) is 1.81. The van der Waals surface area contributed by atoms with Crippen LogP contribution < -0.4 is 5.32 Å². The zero-order valence-corrected chi connectivity index (χ0v) is 10.6. The first-order chi connectivity index (χ1) is 7.66. The van der Waals surface area contributed by atoms with E-state index in [4.69, 9.17) is 6.42 Å². The van der Waals surface area contributed by atoms with Gasteiger partial charge >= 0.3 is 0 Å². The van der Waals surface area contributed by atoms with Crippen LogP contribution in [-0.4, -0.2) is 11.1 Å². The van der Waals surface area contributed by atoms with Crippen LogP contribution in [0.15, 0.2) is 6.07 Å². The second-order valence-electron chi connectivity index (χ2n) is 4.29. The lowest BCUT2D eigenvalue weighted by Gasteiger charge is -2.04. The zero-order chi connectivity index (χ0) is 12.0. The highest BCUT2D eigenvalue weighted by Crippen LogP contribution is 2.12. The van der Waals surface area contributed by atoms with Crippen molar-refractivity contribution in [3.63, 3.8) is 0 Å². The van der Waals surface area contributed by atoms with Crippen molar-refractivity contribution in [1.29, 1.82) is 0 Å². The molecular weight excluding hydrogens is 196 g/mol. The summed E-state index contributed by atoms with van der Waals surface area (Å²) in [6, 6.07) is 2.25. The van der Waals surface area contributed by atoms with Gasteiger partial charge in [0.15, 0.2) is 0 Å². The highest BCUT2D eigenvalue weighted by Gasteiger charge is 2.04. The molecule has 0 aliphatic carbocycles. The third-order valence-electron chi connectivity index (χ3n) is 3.12. The standard InChI is InChI=1S/C14H22N2/c1-5-6-7-8-9-15-11-14-10-12(2)16(4)13(14)3/h1,10,15H,6-9,11H2,2-4H3. The van der Waals surface area contributed by atoms with E-state index in [0.29, 0.717) is 0 Å². The minimum atomic E-state index is 0.894. The Hall–Kier alpha value is -1.20. The molecule has 0 saturated carbocycles. The number of nitrogens with zero attached hydrogens (tertiary/aromatic N) is 1. The number of aromatic nitrogens is 1. The third kappa shape index (κ3) is 3.43. The van der Waals surface area contributed by atoms with Crippen molar-refractivity contribution >= 4 is 0 Å². The molecule has 0 atom stereocenters. The summed E-state index contributed by atoms with van der Waals surface area (Å²) >= 11 is 0. The normalized spacial score (nSPS) is 10.4. The molecule has 1 aromatic heterocycles. The molecule has 16 heavy (non-hydrogen) atoms. The topological polar surface area (TPSA) is 17.0 Å². The lowest BCUT2D eigenvalue weighted by atomic mass is 10.2. The fraction of sp³-hybridized carbons (Fsp3) is 0.571. The molecule has 1 aromatic rings. The van der Waals surface area contributed by atoms with E-state index in [1.807, 2.05) is 0 Å². The Bertz CT molecular complexity index is 369. The van der Waals surface area contributed by atoms with Crippen molar-refractivity contribution in [2.75, 3.05) is 6.54 Å². The van der Waals surface area contributed by atoms with Gasteiger partial charge in [-0.25, -0.2) is 0 Å². The van der Waals surface area contributed by atoms with Crippen LogP contribution in [0.1, 0.15) is 36.2 Å². The molecule has 0 radical (unpaired) electrons. The highest BCUT2D eigenvalue weighted by atomic mass is 15.0. The van der Waals surface area contributed by atoms with Crippen LogP contribution in [0.3, 0.4) is 0 Å². The second kappa shape index (κ2) is 6.40. The molecule has 0 aliphatic heterocycles. The molecule has 0 aromatic carbocycles. The molecule has 0 bridgehead atoms. The maximum Gasteiger partial charge on any atom is 0.0223 e. The SMILES string of the molecule is C#CCCCCNCc1cc(C)n(C)c1C. The molecule has 0 fully saturated rings. The lowest BCUT2D eigenvalue weighted by molar-refractivity contribution is 0.627. The molecule has 0 amide bonds. The minimum Gasteiger partial charge on any atom is -0.352 e. The van der Waals surface area contributed by atoms with E-state index in [1.54, 1.807) is 0 Å². The molecule has 1 heterocycles. The van der Waals surface area contributed by atoms with Crippen molar-refractivity contribution in [2.24, 2.45) is 7.05 Å². The molecule has 2 heteroatoms. The molecule has 0 saturated heterocycles. The number of unbranched alkanes of at least 4 members (excludes halogenated alkanes) is 2. The quantitative estimate of drug-likeness (QED) is 0.573. The predicted octanol–water partition coefficient (Wildman–Crippen LogP) is 2.54. The average Bonchev–Trinajstić information content (AvgIpc) is 2.51. The van der Waals surface area contributed by atoms with Crippen molar-refractivity contribution in [3.05, 3.63) is 23.0 Å². The van der Waals surface area contributed by atoms with Gasteiger partial charge in [-0.2, -0.15) is 0 Å². The average molecular weight is 218 g/mol. The van der Waals surface area contributed by atoms with Gasteiger partial charge in [0.05, 0.1) is 0 Å². The van der Waals surface area contributed by atoms with Crippen LogP contribution >= 0.6 is 0 Å². The van der Waals surface area contributed by atoms with Gasteiger partial charge in [-0.05, 0) is 44.9 Å². The van der Waals surface area contributed by atoms with Crippen LogP contribution in [0.2, 0.25) is 0 Å². The summed E-state index contributed by atoms with van der Waals surface area (Å²) in [5.41, 5.74) is 4.08. The zero-order valence-electron chi connectivity index (χ0n) is 10.6. The van der Waals surface area contributed by atoms with Crippen LogP contribution in [0, 0.1) is 26.2 Å². The van der Waals surface area contributed by atoms with Crippen LogP contribution in [0.4, 0.5) is 0 Å². The van der Waals surface area contributed by atoms with Gasteiger partial charge in [0.25, 0.3) is 0 Å². The van der Waals surface area contributed by atoms with Crippen LogP contribution in [-0.2, 0) is 13.6 Å². The molecule has 88 valence electrons. The lowest BCUT2D eigenvalue weighted by Crippen LogP contribution is -2.15. The van der Waals surface area contributed by atoms with Crippen molar-refractivity contribution < 1.29 is 0 Å². The van der Waals surface area contributed by atoms with Gasteiger partial charge in [-0.15, -0.1) is 12.3 Å². The predicted molar refractivity (Wildman–Crippen MR) is 69.3 cm³/mol. The van der Waals surface area contributed by atoms with E-state index in [9.17, 15) is 0 Å². The van der Waals surface area contributed by atoms with Crippen LogP contribution in [0.25, 0.3) is 0 Å². The number of rotatable bonds is 6. The number of terminal acetylenes is 1. The van der Waals surface area contributed by atoms with Crippen molar-refractivity contribution in [1.82, 2.24) is 9.88 Å². The summed E-state index contributed by atoms with van der Waals surface area (Å²) in [7, 11) is 2.11. The van der Waals surface area contributed by atoms with Gasteiger partial charge in [-0.1, -0.05) is 0 Å². The molecular formula is C14H22N2. The van der Waals surface area contributed by atoms with Crippen LogP contribution in [0.5, 0.6) is 0 Å². The van der Waals surface area contributed by atoms with Crippen molar-refractivity contribution in [2.45, 2.75) is 39.7 Å². The first kappa shape index (κ1) is 12.9. The van der Waals surface area contributed by atoms with Gasteiger partial charge in [-0.3, -0.25) is 0 Å². The summed E-state index contributed by atoms with van der Waals surface area (Å²) in [6.45, 7) is 6.32. The van der Waals surface area contributed by atoms with Gasteiger partial charge < -0.3 is 9.88 Å². The van der Waals surface area contributed by atoms with E-state index in [0.717, 1.165) is 32.4 Å². The number of aryl methyl sites for hydroxylation is 1. The Balaban J connectivity index is 2.27. The summed E-state index contributed by atoms with van der Waals surface area (Å²) in [4.78, 5) is 0. The summed E-state index contributed by atoms with van der Waals surface area (Å²) in [6.07, 6.45) is 8.38. The number of nitrogens with one attached hydrogen (secondary N) is 1. The van der Waals surface area contributed by atoms with Crippen molar-refractivity contribution in [3.8, 4) is 12.3 Å². The monoisotopic (exact) mass is 218 g/mol. The number of hydrogen-bond donors (Lipinski definition) is 1. The largest absolute Gasteiger partial charge is 0.352 e. The molecule has 0 unspecified atom stereocenters. The first-order valence-corrected chi connectivity index (χ1v) is 5.92. The van der Waals surface area contributed by atoms with E-state index in [1.165, 1.54) is 17.0 Å². The summed E-state index contributed by atoms with van der Waals surface area (Å²) < 4.78 is 2.23. The molecule has 1 N–H and O–H groups in total. The second-order valence-corrected chi connectivity index (χ2v) is 4.29. The summed E-state index contributed by atoms with van der Waals surface area (Å²) in [5, 5.41) is 3.46. The molecule has 0 spiro atoms.